The van der Waals surface area contributed by atoms with Crippen LogP contribution < -0.4 is 5.32 Å². The lowest BCUT2D eigenvalue weighted by atomic mass is 10.2. The fourth-order valence-corrected chi connectivity index (χ4v) is 2.08. The molecule has 0 aliphatic rings. The first kappa shape index (κ1) is 10.3. The van der Waals surface area contributed by atoms with Crippen LogP contribution in [0.5, 0.6) is 0 Å². The molecule has 0 radical (unpaired) electrons. The summed E-state index contributed by atoms with van der Waals surface area (Å²) >= 11 is 1.73. The molecular formula is C10H14N4S. The van der Waals surface area contributed by atoms with Crippen LogP contribution in [-0.2, 0) is 6.54 Å². The average molecular weight is 222 g/mol. The number of rotatable bonds is 4. The van der Waals surface area contributed by atoms with E-state index in [2.05, 4.69) is 34.3 Å². The predicted octanol–water partition coefficient (Wildman–Crippen LogP) is 2.03. The van der Waals surface area contributed by atoms with Crippen molar-refractivity contribution in [2.24, 2.45) is 0 Å². The van der Waals surface area contributed by atoms with Crippen molar-refractivity contribution >= 4 is 11.3 Å². The summed E-state index contributed by atoms with van der Waals surface area (Å²) in [7, 11) is 0. The lowest BCUT2D eigenvalue weighted by Crippen LogP contribution is -2.18. The molecule has 0 saturated carbocycles. The molecule has 1 unspecified atom stereocenters. The zero-order valence-corrected chi connectivity index (χ0v) is 9.64. The van der Waals surface area contributed by atoms with E-state index in [9.17, 15) is 0 Å². The number of nitrogens with zero attached hydrogens (tertiary/aromatic N) is 2. The Balaban J connectivity index is 1.88. The van der Waals surface area contributed by atoms with Crippen LogP contribution >= 0.6 is 11.3 Å². The van der Waals surface area contributed by atoms with Crippen LogP contribution in [-0.4, -0.2) is 15.2 Å². The summed E-state index contributed by atoms with van der Waals surface area (Å²) in [5.41, 5.74) is 1.10. The van der Waals surface area contributed by atoms with Gasteiger partial charge in [-0.05, 0) is 19.9 Å². The summed E-state index contributed by atoms with van der Waals surface area (Å²) in [6, 6.07) is 2.25. The van der Waals surface area contributed by atoms with Crippen LogP contribution in [0.2, 0.25) is 0 Å². The van der Waals surface area contributed by atoms with Gasteiger partial charge in [0.05, 0.1) is 5.69 Å². The monoisotopic (exact) mass is 222 g/mol. The lowest BCUT2D eigenvalue weighted by Gasteiger charge is -2.09. The summed E-state index contributed by atoms with van der Waals surface area (Å²) in [5, 5.41) is 11.4. The maximum Gasteiger partial charge on any atom is 0.107 e. The molecule has 2 N–H and O–H groups in total. The second-order valence-electron chi connectivity index (χ2n) is 3.48. The predicted molar refractivity (Wildman–Crippen MR) is 60.7 cm³/mol. The van der Waals surface area contributed by atoms with Crippen molar-refractivity contribution in [2.45, 2.75) is 26.4 Å². The van der Waals surface area contributed by atoms with E-state index in [0.717, 1.165) is 17.2 Å². The quantitative estimate of drug-likeness (QED) is 0.832. The van der Waals surface area contributed by atoms with Crippen LogP contribution in [0.25, 0.3) is 0 Å². The molecule has 2 heterocycles. The van der Waals surface area contributed by atoms with Crippen LogP contribution in [0, 0.1) is 6.92 Å². The van der Waals surface area contributed by atoms with Gasteiger partial charge in [-0.1, -0.05) is 0 Å². The highest BCUT2D eigenvalue weighted by Crippen LogP contribution is 2.13. The number of H-pyrrole nitrogens is 1. The van der Waals surface area contributed by atoms with Crippen molar-refractivity contribution in [1.82, 2.24) is 20.5 Å². The van der Waals surface area contributed by atoms with E-state index in [4.69, 9.17) is 0 Å². The first-order valence-electron chi connectivity index (χ1n) is 4.89. The van der Waals surface area contributed by atoms with Crippen molar-refractivity contribution in [3.05, 3.63) is 34.0 Å². The molecule has 0 aliphatic carbocycles. The van der Waals surface area contributed by atoms with E-state index < -0.39 is 0 Å². The van der Waals surface area contributed by atoms with Crippen molar-refractivity contribution in [1.29, 1.82) is 0 Å². The molecule has 0 aromatic carbocycles. The van der Waals surface area contributed by atoms with Gasteiger partial charge in [0.15, 0.2) is 0 Å². The Bertz CT molecular complexity index is 407. The third kappa shape index (κ3) is 2.64. The summed E-state index contributed by atoms with van der Waals surface area (Å²) in [4.78, 5) is 5.55. The molecule has 5 heteroatoms. The Hall–Kier alpha value is -1.20. The number of aromatic amines is 1. The number of nitrogens with one attached hydrogen (secondary N) is 2. The third-order valence-corrected chi connectivity index (χ3v) is 3.13. The van der Waals surface area contributed by atoms with E-state index >= 15 is 0 Å². The highest BCUT2D eigenvalue weighted by Gasteiger charge is 2.06. The van der Waals surface area contributed by atoms with Gasteiger partial charge in [0, 0.05) is 29.9 Å². The first-order valence-corrected chi connectivity index (χ1v) is 5.71. The maximum atomic E-state index is 4.30. The van der Waals surface area contributed by atoms with Gasteiger partial charge in [-0.25, -0.2) is 4.98 Å². The molecule has 80 valence electrons. The van der Waals surface area contributed by atoms with E-state index in [0.29, 0.717) is 0 Å². The Morgan fingerprint density at radius 2 is 2.47 bits per heavy atom. The standard InChI is InChI=1S/C10H14N4S/c1-7-5-12-10(15-7)6-11-8(2)9-3-4-13-14-9/h3-5,8,11H,6H2,1-2H3,(H,13,14). The summed E-state index contributed by atoms with van der Waals surface area (Å²) in [6.45, 7) is 4.98. The van der Waals surface area contributed by atoms with Crippen molar-refractivity contribution in [3.8, 4) is 0 Å². The molecule has 0 bridgehead atoms. The van der Waals surface area contributed by atoms with Crippen molar-refractivity contribution in [3.63, 3.8) is 0 Å². The molecule has 2 rings (SSSR count). The summed E-state index contributed by atoms with van der Waals surface area (Å²) in [5.74, 6) is 0. The molecule has 0 fully saturated rings. The Kier molecular flexibility index (Phi) is 3.13. The molecule has 0 spiro atoms. The van der Waals surface area contributed by atoms with Gasteiger partial charge in [0.25, 0.3) is 0 Å². The second kappa shape index (κ2) is 4.55. The second-order valence-corrected chi connectivity index (χ2v) is 4.80. The van der Waals surface area contributed by atoms with Crippen LogP contribution in [0.1, 0.15) is 28.5 Å². The lowest BCUT2D eigenvalue weighted by molar-refractivity contribution is 0.559. The fourth-order valence-electron chi connectivity index (χ4n) is 1.34. The summed E-state index contributed by atoms with van der Waals surface area (Å²) < 4.78 is 0. The number of hydrogen-bond acceptors (Lipinski definition) is 4. The molecule has 1 atom stereocenters. The Morgan fingerprint density at radius 3 is 3.07 bits per heavy atom. The highest BCUT2D eigenvalue weighted by atomic mass is 32.1. The van der Waals surface area contributed by atoms with Gasteiger partial charge in [-0.15, -0.1) is 11.3 Å². The molecule has 0 amide bonds. The normalized spacial score (nSPS) is 12.9. The molecule has 0 aliphatic heterocycles. The molecule has 15 heavy (non-hydrogen) atoms. The number of hydrogen-bond donors (Lipinski definition) is 2. The SMILES string of the molecule is Cc1cnc(CNC(C)c2ccn[nH]2)s1. The van der Waals surface area contributed by atoms with E-state index in [1.165, 1.54) is 4.88 Å². The van der Waals surface area contributed by atoms with Gasteiger partial charge in [0.2, 0.25) is 0 Å². The van der Waals surface area contributed by atoms with Gasteiger partial charge in [-0.3, -0.25) is 5.10 Å². The first-order chi connectivity index (χ1) is 7.25. The maximum absolute atomic E-state index is 4.30. The summed E-state index contributed by atoms with van der Waals surface area (Å²) in [6.07, 6.45) is 3.67. The molecule has 2 aromatic rings. The zero-order valence-electron chi connectivity index (χ0n) is 8.82. The third-order valence-electron chi connectivity index (χ3n) is 2.22. The van der Waals surface area contributed by atoms with Gasteiger partial charge >= 0.3 is 0 Å². The van der Waals surface area contributed by atoms with Crippen LogP contribution in [0.15, 0.2) is 18.5 Å². The van der Waals surface area contributed by atoms with Crippen molar-refractivity contribution < 1.29 is 0 Å². The van der Waals surface area contributed by atoms with E-state index in [1.54, 1.807) is 17.5 Å². The molecular weight excluding hydrogens is 208 g/mol. The molecule has 4 nitrogen and oxygen atoms in total. The van der Waals surface area contributed by atoms with Gasteiger partial charge in [0.1, 0.15) is 5.01 Å². The minimum Gasteiger partial charge on any atom is -0.302 e. The average Bonchev–Trinajstić information content (AvgIpc) is 2.84. The minimum absolute atomic E-state index is 0.275. The van der Waals surface area contributed by atoms with E-state index in [1.807, 2.05) is 12.3 Å². The van der Waals surface area contributed by atoms with Crippen molar-refractivity contribution in [2.75, 3.05) is 0 Å². The highest BCUT2D eigenvalue weighted by molar-refractivity contribution is 7.11. The minimum atomic E-state index is 0.275. The molecule has 0 saturated heterocycles. The number of thiazole rings is 1. The van der Waals surface area contributed by atoms with E-state index in [-0.39, 0.29) is 6.04 Å². The fraction of sp³-hybridized carbons (Fsp3) is 0.400. The topological polar surface area (TPSA) is 53.6 Å². The smallest absolute Gasteiger partial charge is 0.107 e. The van der Waals surface area contributed by atoms with Crippen LogP contribution in [0.4, 0.5) is 0 Å². The van der Waals surface area contributed by atoms with Gasteiger partial charge in [-0.2, -0.15) is 5.10 Å². The number of aryl methyl sites for hydroxylation is 1. The van der Waals surface area contributed by atoms with Gasteiger partial charge < -0.3 is 5.32 Å². The molecule has 2 aromatic heterocycles. The zero-order chi connectivity index (χ0) is 10.7. The Morgan fingerprint density at radius 1 is 1.60 bits per heavy atom. The van der Waals surface area contributed by atoms with Crippen LogP contribution in [0.3, 0.4) is 0 Å². The number of aromatic nitrogens is 3. The Labute approximate surface area is 92.8 Å². The largest absolute Gasteiger partial charge is 0.302 e.